The van der Waals surface area contributed by atoms with Crippen LogP contribution in [0.3, 0.4) is 0 Å². The summed E-state index contributed by atoms with van der Waals surface area (Å²) in [6.07, 6.45) is 12.1. The molecule has 0 fully saturated rings. The molecule has 0 aliphatic heterocycles. The molecule has 95 heavy (non-hydrogen) atoms. The first-order valence-corrected chi connectivity index (χ1v) is 31.1. The van der Waals surface area contributed by atoms with Crippen LogP contribution in [0.4, 0.5) is 5.69 Å². The number of methoxy groups -OCH3 is 1. The summed E-state index contributed by atoms with van der Waals surface area (Å²) in [5, 5.41) is 0. The Labute approximate surface area is 570 Å². The highest BCUT2D eigenvalue weighted by Crippen LogP contribution is 2.15. The molecule has 0 N–H and O–H groups in total. The van der Waals surface area contributed by atoms with E-state index in [1.54, 1.807) is 86.4 Å². The van der Waals surface area contributed by atoms with Crippen molar-refractivity contribution < 1.29 is 47.9 Å². The van der Waals surface area contributed by atoms with E-state index in [1.807, 2.05) is 136 Å². The third-order valence-corrected chi connectivity index (χ3v) is 12.7. The molecule has 0 bridgehead atoms. The average molecular weight is 1310 g/mol. The lowest BCUT2D eigenvalue weighted by molar-refractivity contribution is -0.144. The molecule has 0 radical (unpaired) electrons. The van der Waals surface area contributed by atoms with Crippen LogP contribution >= 0.6 is 0 Å². The van der Waals surface area contributed by atoms with Gasteiger partial charge in [-0.1, -0.05) is 159 Å². The standard InChI is InChI=1S/C13H17NO.2C11H13NO.C11H21NO.C10H11NO.C9H17NO.C7H11NO3.C5H9NO/c1-4-11-7-9-12(10-8-11)13(15)14(5-2)6-3;1-4-9-5-7-10(8-6-9)11(13)12(2)3;1-4-9-7-5-6-8-10(9)11(13)12(2)3;1-6-11(13)12(7-9(2)3)8-10(4)5;1-3-11(9(2)12)10-7-5-4-6-8-10;1-6-9(11)10(7(2)3)8(4)5;1-4-6(9)8(2)5-7(10)11-3;1-4-6(3)5(2)7/h4,7-10H,1,5-6H2,2-3H3;2*4-8H,1H2,2-3H3;6,9-10H,1,7-8H2,2-5H3;3-8H,1H2,2H3;6-8H,1H2,2-5H3;4H,1,5H2,2-3H3;4H,1H2,2-3H3. The van der Waals surface area contributed by atoms with Crippen molar-refractivity contribution >= 4 is 77.1 Å². The van der Waals surface area contributed by atoms with Crippen molar-refractivity contribution in [3.63, 3.8) is 0 Å². The minimum Gasteiger partial charge on any atom is -0.468 e. The zero-order chi connectivity index (χ0) is 74.1. The van der Waals surface area contributed by atoms with Crippen LogP contribution in [0.25, 0.3) is 18.2 Å². The lowest BCUT2D eigenvalue weighted by atomic mass is 10.1. The molecule has 0 unspecified atom stereocenters. The van der Waals surface area contributed by atoms with Gasteiger partial charge in [0.1, 0.15) is 6.54 Å². The maximum atomic E-state index is 11.9. The van der Waals surface area contributed by atoms with Gasteiger partial charge in [-0.15, -0.1) is 0 Å². The zero-order valence-corrected chi connectivity index (χ0v) is 60.6. The predicted molar refractivity (Wildman–Crippen MR) is 395 cm³/mol. The van der Waals surface area contributed by atoms with Gasteiger partial charge in [-0.3, -0.25) is 48.1 Å². The number of hydrogen-bond acceptors (Lipinski definition) is 10. The monoisotopic (exact) mass is 1310 g/mol. The van der Waals surface area contributed by atoms with Crippen molar-refractivity contribution in [3.05, 3.63) is 220 Å². The molecule has 0 aliphatic carbocycles. The number of para-hydroxylation sites is 1. The van der Waals surface area contributed by atoms with E-state index in [0.717, 1.165) is 60.2 Å². The summed E-state index contributed by atoms with van der Waals surface area (Å²) in [6.45, 7) is 54.7. The van der Waals surface area contributed by atoms with Crippen LogP contribution in [-0.4, -0.2) is 182 Å². The summed E-state index contributed by atoms with van der Waals surface area (Å²) in [6, 6.07) is 32.2. The van der Waals surface area contributed by atoms with Gasteiger partial charge in [0.05, 0.1) is 7.11 Å². The minimum absolute atomic E-state index is 0.00926. The summed E-state index contributed by atoms with van der Waals surface area (Å²) < 4.78 is 4.35. The van der Waals surface area contributed by atoms with Crippen molar-refractivity contribution in [2.45, 2.75) is 95.2 Å². The van der Waals surface area contributed by atoms with Gasteiger partial charge in [-0.05, 0) is 137 Å². The van der Waals surface area contributed by atoms with Gasteiger partial charge in [0, 0.05) is 123 Å². The molecule has 8 amide bonds. The van der Waals surface area contributed by atoms with E-state index in [2.05, 4.69) is 85.1 Å². The maximum Gasteiger partial charge on any atom is 0.325 e. The first-order chi connectivity index (χ1) is 44.6. The summed E-state index contributed by atoms with van der Waals surface area (Å²) >= 11 is 0. The smallest absolute Gasteiger partial charge is 0.325 e. The van der Waals surface area contributed by atoms with Gasteiger partial charge in [0.25, 0.3) is 17.7 Å². The third kappa shape index (κ3) is 39.9. The van der Waals surface area contributed by atoms with E-state index >= 15 is 0 Å². The Hall–Kier alpha value is -9.97. The Morgan fingerprint density at radius 2 is 0.874 bits per heavy atom. The number of benzene rings is 4. The molecule has 0 saturated heterocycles. The molecular formula is C77H112N8O10. The van der Waals surface area contributed by atoms with Crippen LogP contribution < -0.4 is 4.90 Å². The highest BCUT2D eigenvalue weighted by atomic mass is 16.5. The highest BCUT2D eigenvalue weighted by molar-refractivity contribution is 5.98. The van der Waals surface area contributed by atoms with Crippen LogP contribution in [0.5, 0.6) is 0 Å². The molecule has 520 valence electrons. The Kier molecular flexibility index (Phi) is 50.5. The highest BCUT2D eigenvalue weighted by Gasteiger charge is 2.18. The van der Waals surface area contributed by atoms with Crippen molar-refractivity contribution in [3.8, 4) is 0 Å². The van der Waals surface area contributed by atoms with E-state index in [0.29, 0.717) is 23.0 Å². The van der Waals surface area contributed by atoms with Crippen LogP contribution in [-0.2, 0) is 33.5 Å². The summed E-state index contributed by atoms with van der Waals surface area (Å²) in [5.41, 5.74) is 5.92. The molecular weight excluding hydrogens is 1200 g/mol. The zero-order valence-electron chi connectivity index (χ0n) is 60.6. The van der Waals surface area contributed by atoms with E-state index in [-0.39, 0.29) is 65.9 Å². The summed E-state index contributed by atoms with van der Waals surface area (Å²) in [7, 11) is 11.4. The van der Waals surface area contributed by atoms with Crippen LogP contribution in [0, 0.1) is 11.8 Å². The molecule has 18 heteroatoms. The fraction of sp³-hybridized carbons (Fsp3) is 0.364. The maximum absolute atomic E-state index is 11.9. The number of carbonyl (C=O) groups is 9. The lowest BCUT2D eigenvalue weighted by Crippen LogP contribution is -2.40. The fourth-order valence-electron chi connectivity index (χ4n) is 7.69. The third-order valence-electron chi connectivity index (χ3n) is 12.7. The van der Waals surface area contributed by atoms with E-state index in [1.165, 1.54) is 67.3 Å². The van der Waals surface area contributed by atoms with Crippen molar-refractivity contribution in [1.82, 2.24) is 34.3 Å². The van der Waals surface area contributed by atoms with Gasteiger partial charge in [-0.2, -0.15) is 0 Å². The molecule has 4 aromatic rings. The lowest BCUT2D eigenvalue weighted by Gasteiger charge is -2.29. The molecule has 0 saturated carbocycles. The van der Waals surface area contributed by atoms with Crippen LogP contribution in [0.2, 0.25) is 0 Å². The second-order valence-corrected chi connectivity index (χ2v) is 22.4. The number of anilines is 1. The Morgan fingerprint density at radius 1 is 0.463 bits per heavy atom. The second kappa shape index (κ2) is 52.5. The van der Waals surface area contributed by atoms with Crippen molar-refractivity contribution in [2.75, 3.05) is 87.0 Å². The number of likely N-dealkylation sites (N-methyl/N-ethyl adjacent to an activating group) is 1. The molecule has 0 spiro atoms. The van der Waals surface area contributed by atoms with Gasteiger partial charge >= 0.3 is 5.97 Å². The predicted octanol–water partition coefficient (Wildman–Crippen LogP) is 13.6. The SMILES string of the molecule is C=CC(=O)N(C(C)C)C(C)C.C=CC(=O)N(C)CC(=O)OC.C=CC(=O)N(CC(C)C)CC(C)C.C=CN(C(C)=O)c1ccccc1.C=CN(C)C(C)=O.C=Cc1ccc(C(=O)N(C)C)cc1.C=Cc1ccc(C(=O)N(CC)CC)cc1.C=Cc1ccccc1C(=O)N(C)C. The Bertz CT molecular complexity index is 3020. The molecule has 0 aliphatic rings. The summed E-state index contributed by atoms with van der Waals surface area (Å²) in [5.74, 6) is 0.453. The Morgan fingerprint density at radius 3 is 1.17 bits per heavy atom. The first kappa shape index (κ1) is 91.4. The average Bonchev–Trinajstić information content (AvgIpc) is 0.979. The quantitative estimate of drug-likeness (QED) is 0.0541. The number of ether oxygens (including phenoxy) is 1. The van der Waals surface area contributed by atoms with Crippen LogP contribution in [0.15, 0.2) is 186 Å². The Balaban J connectivity index is -0.000000501. The second-order valence-electron chi connectivity index (χ2n) is 22.4. The van der Waals surface area contributed by atoms with Crippen molar-refractivity contribution in [1.29, 1.82) is 0 Å². The number of esters is 1. The molecule has 4 rings (SSSR count). The van der Waals surface area contributed by atoms with Gasteiger partial charge < -0.3 is 39.0 Å². The number of rotatable bonds is 22. The van der Waals surface area contributed by atoms with E-state index < -0.39 is 5.97 Å². The minimum atomic E-state index is -0.442. The van der Waals surface area contributed by atoms with E-state index in [4.69, 9.17) is 0 Å². The number of carbonyl (C=O) groups excluding carboxylic acids is 9. The summed E-state index contributed by atoms with van der Waals surface area (Å²) in [4.78, 5) is 113. The number of nitrogens with zero attached hydrogens (tertiary/aromatic N) is 8. The molecule has 0 atom stereocenters. The van der Waals surface area contributed by atoms with Gasteiger partial charge in [-0.25, -0.2) is 0 Å². The van der Waals surface area contributed by atoms with Crippen molar-refractivity contribution in [2.24, 2.45) is 11.8 Å². The molecule has 18 nitrogen and oxygen atoms in total. The molecule has 0 heterocycles. The van der Waals surface area contributed by atoms with Gasteiger partial charge in [0.15, 0.2) is 0 Å². The largest absolute Gasteiger partial charge is 0.468 e. The molecule has 0 aromatic heterocycles. The fourth-order valence-corrected chi connectivity index (χ4v) is 7.69. The van der Waals surface area contributed by atoms with Gasteiger partial charge in [0.2, 0.25) is 29.5 Å². The number of hydrogen-bond donors (Lipinski definition) is 0. The molecule has 4 aromatic carbocycles. The van der Waals surface area contributed by atoms with Crippen LogP contribution in [0.1, 0.15) is 131 Å². The topological polar surface area (TPSA) is 189 Å². The number of amides is 8. The van der Waals surface area contributed by atoms with E-state index in [9.17, 15) is 43.2 Å². The normalized spacial score (nSPS) is 9.46. The first-order valence-electron chi connectivity index (χ1n) is 31.1.